The lowest BCUT2D eigenvalue weighted by Crippen LogP contribution is -2.31. The van der Waals surface area contributed by atoms with E-state index in [0.717, 1.165) is 3.79 Å². The third-order valence-electron chi connectivity index (χ3n) is 1.52. The highest BCUT2D eigenvalue weighted by atomic mass is 79.9. The molecule has 0 aliphatic carbocycles. The van der Waals surface area contributed by atoms with Crippen molar-refractivity contribution in [1.82, 2.24) is 5.32 Å². The number of amides is 1. The van der Waals surface area contributed by atoms with Gasteiger partial charge in [-0.15, -0.1) is 11.3 Å². The van der Waals surface area contributed by atoms with Crippen LogP contribution in [-0.2, 0) is 9.59 Å². The summed E-state index contributed by atoms with van der Waals surface area (Å²) in [5.74, 6) is -1.43. The molecule has 0 saturated heterocycles. The maximum absolute atomic E-state index is 10.8. The Morgan fingerprint density at radius 2 is 2.29 bits per heavy atom. The number of carboxylic acids is 1. The SMILES string of the molecule is CC(=O)NC(C(=O)O)c1csc(Br)c1. The summed E-state index contributed by atoms with van der Waals surface area (Å²) >= 11 is 4.61. The first-order valence-electron chi connectivity index (χ1n) is 3.74. The first-order chi connectivity index (χ1) is 6.50. The van der Waals surface area contributed by atoms with Gasteiger partial charge in [-0.1, -0.05) is 0 Å². The number of nitrogens with one attached hydrogen (secondary N) is 1. The van der Waals surface area contributed by atoms with Crippen LogP contribution in [0.15, 0.2) is 15.2 Å². The molecule has 0 spiro atoms. The molecule has 0 aromatic carbocycles. The Bertz CT molecular complexity index is 363. The quantitative estimate of drug-likeness (QED) is 0.885. The van der Waals surface area contributed by atoms with E-state index in [1.54, 1.807) is 11.4 Å². The number of thiophene rings is 1. The van der Waals surface area contributed by atoms with Crippen molar-refractivity contribution < 1.29 is 14.7 Å². The number of carbonyl (C=O) groups is 2. The zero-order valence-corrected chi connectivity index (χ0v) is 9.68. The van der Waals surface area contributed by atoms with Gasteiger partial charge in [0.1, 0.15) is 0 Å². The van der Waals surface area contributed by atoms with E-state index < -0.39 is 12.0 Å². The molecular weight excluding hydrogens is 270 g/mol. The zero-order valence-electron chi connectivity index (χ0n) is 7.28. The minimum atomic E-state index is -1.06. The van der Waals surface area contributed by atoms with Crippen LogP contribution in [0.2, 0.25) is 0 Å². The summed E-state index contributed by atoms with van der Waals surface area (Å²) in [7, 11) is 0. The largest absolute Gasteiger partial charge is 0.479 e. The van der Waals surface area contributed by atoms with Crippen molar-refractivity contribution in [3.05, 3.63) is 20.8 Å². The average Bonchev–Trinajstić information content (AvgIpc) is 2.46. The lowest BCUT2D eigenvalue weighted by molar-refractivity contribution is -0.141. The van der Waals surface area contributed by atoms with Gasteiger partial charge in [-0.05, 0) is 32.9 Å². The van der Waals surface area contributed by atoms with Gasteiger partial charge in [-0.2, -0.15) is 0 Å². The molecule has 0 bridgehead atoms. The minimum Gasteiger partial charge on any atom is -0.479 e. The summed E-state index contributed by atoms with van der Waals surface area (Å²) in [6.07, 6.45) is 0. The van der Waals surface area contributed by atoms with E-state index in [1.165, 1.54) is 18.3 Å². The molecule has 0 aliphatic rings. The number of halogens is 1. The predicted octanol–water partition coefficient (Wildman–Crippen LogP) is 1.77. The van der Waals surface area contributed by atoms with Crippen LogP contribution in [0.4, 0.5) is 0 Å². The summed E-state index contributed by atoms with van der Waals surface area (Å²) in [5, 5.41) is 12.9. The maximum Gasteiger partial charge on any atom is 0.330 e. The third-order valence-corrected chi connectivity index (χ3v) is 3.04. The van der Waals surface area contributed by atoms with E-state index in [2.05, 4.69) is 21.2 Å². The number of rotatable bonds is 3. The highest BCUT2D eigenvalue weighted by Crippen LogP contribution is 2.25. The van der Waals surface area contributed by atoms with Crippen LogP contribution < -0.4 is 5.32 Å². The fourth-order valence-corrected chi connectivity index (χ4v) is 2.17. The predicted molar refractivity (Wildman–Crippen MR) is 56.2 cm³/mol. The van der Waals surface area contributed by atoms with Gasteiger partial charge in [0, 0.05) is 6.92 Å². The fraction of sp³-hybridized carbons (Fsp3) is 0.250. The zero-order chi connectivity index (χ0) is 10.7. The molecule has 6 heteroatoms. The molecule has 4 nitrogen and oxygen atoms in total. The molecule has 1 atom stereocenters. The van der Waals surface area contributed by atoms with E-state index >= 15 is 0 Å². The normalized spacial score (nSPS) is 12.1. The molecule has 0 aliphatic heterocycles. The molecule has 2 N–H and O–H groups in total. The number of hydrogen-bond donors (Lipinski definition) is 2. The third kappa shape index (κ3) is 2.81. The van der Waals surface area contributed by atoms with E-state index in [4.69, 9.17) is 5.11 Å². The second-order valence-electron chi connectivity index (χ2n) is 2.66. The van der Waals surface area contributed by atoms with Crippen molar-refractivity contribution in [2.45, 2.75) is 13.0 Å². The molecule has 1 amide bonds. The molecule has 1 aromatic heterocycles. The highest BCUT2D eigenvalue weighted by molar-refractivity contribution is 9.11. The standard InChI is InChI=1S/C8H8BrNO3S/c1-4(11)10-7(8(12)13)5-2-6(9)14-3-5/h2-3,7H,1H3,(H,10,11)(H,12,13). The van der Waals surface area contributed by atoms with Crippen LogP contribution in [0, 0.1) is 0 Å². The average molecular weight is 278 g/mol. The van der Waals surface area contributed by atoms with Gasteiger partial charge in [0.25, 0.3) is 0 Å². The topological polar surface area (TPSA) is 66.4 Å². The van der Waals surface area contributed by atoms with Crippen molar-refractivity contribution in [2.75, 3.05) is 0 Å². The van der Waals surface area contributed by atoms with Gasteiger partial charge < -0.3 is 10.4 Å². The van der Waals surface area contributed by atoms with Gasteiger partial charge in [0.2, 0.25) is 5.91 Å². The van der Waals surface area contributed by atoms with Crippen LogP contribution in [0.5, 0.6) is 0 Å². The van der Waals surface area contributed by atoms with Crippen LogP contribution in [-0.4, -0.2) is 17.0 Å². The monoisotopic (exact) mass is 277 g/mol. The molecule has 1 rings (SSSR count). The first kappa shape index (κ1) is 11.2. The summed E-state index contributed by atoms with van der Waals surface area (Å²) < 4.78 is 0.837. The molecule has 76 valence electrons. The van der Waals surface area contributed by atoms with Crippen LogP contribution in [0.1, 0.15) is 18.5 Å². The Kier molecular flexibility index (Phi) is 3.65. The lowest BCUT2D eigenvalue weighted by Gasteiger charge is -2.10. The van der Waals surface area contributed by atoms with Gasteiger partial charge in [0.05, 0.1) is 3.79 Å². The molecule has 0 radical (unpaired) electrons. The van der Waals surface area contributed by atoms with E-state index in [-0.39, 0.29) is 5.91 Å². The lowest BCUT2D eigenvalue weighted by atomic mass is 10.1. The summed E-state index contributed by atoms with van der Waals surface area (Å²) in [4.78, 5) is 21.6. The van der Waals surface area contributed by atoms with Crippen molar-refractivity contribution in [1.29, 1.82) is 0 Å². The van der Waals surface area contributed by atoms with Crippen LogP contribution >= 0.6 is 27.3 Å². The Labute approximate surface area is 93.1 Å². The maximum atomic E-state index is 10.8. The summed E-state index contributed by atoms with van der Waals surface area (Å²) in [5.41, 5.74) is 0.574. The number of hydrogen-bond acceptors (Lipinski definition) is 3. The second-order valence-corrected chi connectivity index (χ2v) is 4.95. The van der Waals surface area contributed by atoms with Crippen LogP contribution in [0.3, 0.4) is 0 Å². The molecule has 1 unspecified atom stereocenters. The van der Waals surface area contributed by atoms with Crippen LogP contribution in [0.25, 0.3) is 0 Å². The van der Waals surface area contributed by atoms with Crippen molar-refractivity contribution >= 4 is 39.1 Å². The molecular formula is C8H8BrNO3S. The Morgan fingerprint density at radius 1 is 1.64 bits per heavy atom. The van der Waals surface area contributed by atoms with Gasteiger partial charge in [-0.25, -0.2) is 4.79 Å². The molecule has 0 fully saturated rings. The Balaban J connectivity index is 2.88. The smallest absolute Gasteiger partial charge is 0.330 e. The van der Waals surface area contributed by atoms with E-state index in [0.29, 0.717) is 5.56 Å². The molecule has 0 saturated carbocycles. The summed E-state index contributed by atoms with van der Waals surface area (Å²) in [6.45, 7) is 1.29. The van der Waals surface area contributed by atoms with Gasteiger partial charge in [-0.3, -0.25) is 4.79 Å². The van der Waals surface area contributed by atoms with Crippen molar-refractivity contribution in [3.63, 3.8) is 0 Å². The Morgan fingerprint density at radius 3 is 2.64 bits per heavy atom. The van der Waals surface area contributed by atoms with Gasteiger partial charge in [0.15, 0.2) is 6.04 Å². The van der Waals surface area contributed by atoms with Crippen molar-refractivity contribution in [3.8, 4) is 0 Å². The number of carboxylic acid groups (broad SMARTS) is 1. The van der Waals surface area contributed by atoms with Crippen molar-refractivity contribution in [2.24, 2.45) is 0 Å². The molecule has 14 heavy (non-hydrogen) atoms. The fourth-order valence-electron chi connectivity index (χ4n) is 0.966. The number of carbonyl (C=O) groups excluding carboxylic acids is 1. The van der Waals surface area contributed by atoms with E-state index in [1.807, 2.05) is 0 Å². The van der Waals surface area contributed by atoms with Gasteiger partial charge >= 0.3 is 5.97 Å². The van der Waals surface area contributed by atoms with E-state index in [9.17, 15) is 9.59 Å². The first-order valence-corrected chi connectivity index (χ1v) is 5.42. The summed E-state index contributed by atoms with van der Waals surface area (Å²) in [6, 6.07) is 0.717. The Hall–Kier alpha value is -0.880. The molecule has 1 aromatic rings. The highest BCUT2D eigenvalue weighted by Gasteiger charge is 2.21. The minimum absolute atomic E-state index is 0.361. The number of aliphatic carboxylic acids is 1. The second kappa shape index (κ2) is 4.56. The molecule has 1 heterocycles.